The van der Waals surface area contributed by atoms with Crippen molar-refractivity contribution in [3.05, 3.63) is 45.5 Å². The van der Waals surface area contributed by atoms with Gasteiger partial charge in [-0.15, -0.1) is 23.7 Å². The van der Waals surface area contributed by atoms with Gasteiger partial charge in [0.2, 0.25) is 0 Å². The smallest absolute Gasteiger partial charge is 0.273 e. The van der Waals surface area contributed by atoms with Crippen LogP contribution in [0.25, 0.3) is 10.6 Å². The van der Waals surface area contributed by atoms with Crippen LogP contribution < -0.4 is 5.73 Å². The second-order valence-electron chi connectivity index (χ2n) is 6.35. The van der Waals surface area contributed by atoms with Crippen molar-refractivity contribution in [2.45, 2.75) is 25.4 Å². The van der Waals surface area contributed by atoms with E-state index in [-0.39, 0.29) is 30.1 Å². The van der Waals surface area contributed by atoms with E-state index >= 15 is 0 Å². The molecule has 1 aliphatic rings. The van der Waals surface area contributed by atoms with Crippen LogP contribution in [0.15, 0.2) is 29.6 Å². The minimum absolute atomic E-state index is 0. The highest BCUT2D eigenvalue weighted by Crippen LogP contribution is 2.26. The molecule has 1 amide bonds. The number of non-ortho nitro benzene ring substituents is 1. The number of nitrogens with two attached hydrogens (primary N) is 1. The number of likely N-dealkylation sites (tertiary alicyclic amines) is 1. The van der Waals surface area contributed by atoms with Gasteiger partial charge in [0, 0.05) is 42.8 Å². The Morgan fingerprint density at radius 3 is 2.61 bits per heavy atom. The van der Waals surface area contributed by atoms with E-state index in [0.29, 0.717) is 36.9 Å². The molecule has 1 aromatic carbocycles. The maximum Gasteiger partial charge on any atom is 0.273 e. The SMILES string of the molecule is Cl.NCCCOC1CCN(C(=O)c2csc(-c3ccc([N+](=O)[O-])cc3)n2)CC1. The quantitative estimate of drug-likeness (QED) is 0.413. The van der Waals surface area contributed by atoms with E-state index in [2.05, 4.69) is 4.98 Å². The van der Waals surface area contributed by atoms with Gasteiger partial charge in [0.15, 0.2) is 0 Å². The van der Waals surface area contributed by atoms with Crippen LogP contribution in [0, 0.1) is 10.1 Å². The molecule has 1 fully saturated rings. The summed E-state index contributed by atoms with van der Waals surface area (Å²) in [7, 11) is 0. The molecule has 2 heterocycles. The summed E-state index contributed by atoms with van der Waals surface area (Å²) >= 11 is 1.36. The van der Waals surface area contributed by atoms with Crippen LogP contribution in [-0.4, -0.2) is 53.1 Å². The summed E-state index contributed by atoms with van der Waals surface area (Å²) in [4.78, 5) is 29.2. The van der Waals surface area contributed by atoms with Crippen molar-refractivity contribution in [2.75, 3.05) is 26.2 Å². The number of benzene rings is 1. The minimum atomic E-state index is -0.441. The summed E-state index contributed by atoms with van der Waals surface area (Å²) < 4.78 is 5.77. The second-order valence-corrected chi connectivity index (χ2v) is 7.20. The van der Waals surface area contributed by atoms with Crippen LogP contribution in [-0.2, 0) is 4.74 Å². The standard InChI is InChI=1S/C18H22N4O4S.ClH/c19-8-1-11-26-15-6-9-21(10-7-15)18(23)16-12-27-17(20-16)13-2-4-14(5-3-13)22(24)25;/h2-5,12,15H,1,6-11,19H2;1H. The molecule has 28 heavy (non-hydrogen) atoms. The molecule has 2 aromatic rings. The zero-order chi connectivity index (χ0) is 19.2. The molecular formula is C18H23ClN4O4S. The van der Waals surface area contributed by atoms with E-state index < -0.39 is 4.92 Å². The molecule has 0 radical (unpaired) electrons. The molecule has 2 N–H and O–H groups in total. The number of nitro groups is 1. The molecule has 1 aliphatic heterocycles. The van der Waals surface area contributed by atoms with Crippen LogP contribution in [0.5, 0.6) is 0 Å². The van der Waals surface area contributed by atoms with Gasteiger partial charge in [-0.2, -0.15) is 0 Å². The normalized spacial score (nSPS) is 14.5. The molecule has 0 aliphatic carbocycles. The summed E-state index contributed by atoms with van der Waals surface area (Å²) in [6, 6.07) is 6.17. The fourth-order valence-corrected chi connectivity index (χ4v) is 3.75. The third-order valence-electron chi connectivity index (χ3n) is 4.48. The number of halogens is 1. The number of nitrogens with zero attached hydrogens (tertiary/aromatic N) is 3. The average molecular weight is 427 g/mol. The van der Waals surface area contributed by atoms with Gasteiger partial charge in [-0.3, -0.25) is 14.9 Å². The third-order valence-corrected chi connectivity index (χ3v) is 5.37. The minimum Gasteiger partial charge on any atom is -0.378 e. The highest BCUT2D eigenvalue weighted by atomic mass is 35.5. The molecule has 10 heteroatoms. The largest absolute Gasteiger partial charge is 0.378 e. The van der Waals surface area contributed by atoms with Crippen molar-refractivity contribution >= 4 is 35.3 Å². The first kappa shape index (κ1) is 22.2. The van der Waals surface area contributed by atoms with E-state index in [1.54, 1.807) is 22.4 Å². The van der Waals surface area contributed by atoms with Gasteiger partial charge in [-0.25, -0.2) is 4.98 Å². The first-order valence-electron chi connectivity index (χ1n) is 8.90. The molecule has 8 nitrogen and oxygen atoms in total. The zero-order valence-electron chi connectivity index (χ0n) is 15.3. The number of amides is 1. The number of carbonyl (C=O) groups excluding carboxylic acids is 1. The fraction of sp³-hybridized carbons (Fsp3) is 0.444. The third kappa shape index (κ3) is 5.48. The number of rotatable bonds is 7. The highest BCUT2D eigenvalue weighted by Gasteiger charge is 2.25. The number of thiazole rings is 1. The molecule has 3 rings (SSSR count). The van der Waals surface area contributed by atoms with Crippen molar-refractivity contribution < 1.29 is 14.5 Å². The zero-order valence-corrected chi connectivity index (χ0v) is 16.9. The lowest BCUT2D eigenvalue weighted by Crippen LogP contribution is -2.41. The molecule has 0 saturated carbocycles. The van der Waals surface area contributed by atoms with Crippen LogP contribution >= 0.6 is 23.7 Å². The van der Waals surface area contributed by atoms with Gasteiger partial charge in [-0.1, -0.05) is 0 Å². The summed E-state index contributed by atoms with van der Waals surface area (Å²) in [5, 5.41) is 13.2. The predicted octanol–water partition coefficient (Wildman–Crippen LogP) is 3.11. The molecule has 1 aromatic heterocycles. The van der Waals surface area contributed by atoms with E-state index in [9.17, 15) is 14.9 Å². The summed E-state index contributed by atoms with van der Waals surface area (Å²) in [5.41, 5.74) is 6.67. The first-order chi connectivity index (χ1) is 13.1. The summed E-state index contributed by atoms with van der Waals surface area (Å²) in [5.74, 6) is -0.0835. The Kier molecular flexibility index (Phi) is 8.31. The van der Waals surface area contributed by atoms with Crippen LogP contribution in [0.3, 0.4) is 0 Å². The predicted molar refractivity (Wildman–Crippen MR) is 110 cm³/mol. The lowest BCUT2D eigenvalue weighted by molar-refractivity contribution is -0.384. The molecule has 1 saturated heterocycles. The van der Waals surface area contributed by atoms with Gasteiger partial charge < -0.3 is 15.4 Å². The average Bonchev–Trinajstić information content (AvgIpc) is 3.18. The molecule has 0 spiro atoms. The topological polar surface area (TPSA) is 112 Å². The Bertz CT molecular complexity index is 791. The summed E-state index contributed by atoms with van der Waals surface area (Å²) in [6.45, 7) is 2.59. The van der Waals surface area contributed by atoms with Crippen molar-refractivity contribution in [1.82, 2.24) is 9.88 Å². The molecule has 0 atom stereocenters. The lowest BCUT2D eigenvalue weighted by atomic mass is 10.1. The van der Waals surface area contributed by atoms with Crippen LogP contribution in [0.1, 0.15) is 29.8 Å². The number of hydrogen-bond donors (Lipinski definition) is 1. The highest BCUT2D eigenvalue weighted by molar-refractivity contribution is 7.13. The van der Waals surface area contributed by atoms with E-state index in [1.807, 2.05) is 0 Å². The lowest BCUT2D eigenvalue weighted by Gasteiger charge is -2.31. The maximum atomic E-state index is 12.7. The number of nitro benzene ring substituents is 1. The molecule has 152 valence electrons. The Morgan fingerprint density at radius 2 is 2.00 bits per heavy atom. The van der Waals surface area contributed by atoms with Gasteiger partial charge in [-0.05, 0) is 37.9 Å². The first-order valence-corrected chi connectivity index (χ1v) is 9.77. The molecule has 0 unspecified atom stereocenters. The van der Waals surface area contributed by atoms with Crippen molar-refractivity contribution in [3.8, 4) is 10.6 Å². The Balaban J connectivity index is 0.00000280. The van der Waals surface area contributed by atoms with E-state index in [1.165, 1.54) is 23.5 Å². The molecular weight excluding hydrogens is 404 g/mol. The Labute approximate surface area is 173 Å². The van der Waals surface area contributed by atoms with Gasteiger partial charge in [0.05, 0.1) is 11.0 Å². The van der Waals surface area contributed by atoms with Crippen molar-refractivity contribution in [2.24, 2.45) is 5.73 Å². The van der Waals surface area contributed by atoms with Gasteiger partial charge >= 0.3 is 0 Å². The van der Waals surface area contributed by atoms with Crippen LogP contribution in [0.4, 0.5) is 5.69 Å². The Hall–Kier alpha value is -2.07. The van der Waals surface area contributed by atoms with Gasteiger partial charge in [0.1, 0.15) is 10.7 Å². The Morgan fingerprint density at radius 1 is 1.32 bits per heavy atom. The van der Waals surface area contributed by atoms with Crippen molar-refractivity contribution in [3.63, 3.8) is 0 Å². The number of piperidine rings is 1. The molecule has 0 bridgehead atoms. The summed E-state index contributed by atoms with van der Waals surface area (Å²) in [6.07, 6.45) is 2.67. The number of carbonyl (C=O) groups is 1. The number of ether oxygens (including phenoxy) is 1. The van der Waals surface area contributed by atoms with Crippen LogP contribution in [0.2, 0.25) is 0 Å². The monoisotopic (exact) mass is 426 g/mol. The fourth-order valence-electron chi connectivity index (χ4n) is 2.95. The second kappa shape index (κ2) is 10.5. The number of hydrogen-bond acceptors (Lipinski definition) is 7. The van der Waals surface area contributed by atoms with Gasteiger partial charge in [0.25, 0.3) is 11.6 Å². The van der Waals surface area contributed by atoms with E-state index in [4.69, 9.17) is 10.5 Å². The van der Waals surface area contributed by atoms with Crippen molar-refractivity contribution in [1.29, 1.82) is 0 Å². The maximum absolute atomic E-state index is 12.7. The number of aromatic nitrogens is 1. The van der Waals surface area contributed by atoms with E-state index in [0.717, 1.165) is 24.8 Å².